The van der Waals surface area contributed by atoms with Crippen LogP contribution in [0.15, 0.2) is 16.5 Å². The summed E-state index contributed by atoms with van der Waals surface area (Å²) in [4.78, 5) is 23.3. The molecule has 2 heterocycles. The van der Waals surface area contributed by atoms with Crippen LogP contribution in [-0.4, -0.2) is 48.1 Å². The van der Waals surface area contributed by atoms with E-state index >= 15 is 0 Å². The van der Waals surface area contributed by atoms with Gasteiger partial charge in [0, 0.05) is 19.6 Å². The topological polar surface area (TPSA) is 112 Å². The number of nitrogens with zero attached hydrogens (tertiary/aromatic N) is 2. The molecule has 1 unspecified atom stereocenters. The lowest BCUT2D eigenvalue weighted by Crippen LogP contribution is -2.48. The second-order valence-electron chi connectivity index (χ2n) is 3.87. The predicted octanol–water partition coefficient (Wildman–Crippen LogP) is 0.409. The highest BCUT2D eigenvalue weighted by Gasteiger charge is 2.27. The van der Waals surface area contributed by atoms with Crippen LogP contribution in [0.1, 0.15) is 10.6 Å². The Bertz CT molecular complexity index is 464. The van der Waals surface area contributed by atoms with Gasteiger partial charge in [-0.25, -0.2) is 0 Å². The minimum atomic E-state index is -0.682. The van der Waals surface area contributed by atoms with E-state index in [1.807, 2.05) is 0 Å². The van der Waals surface area contributed by atoms with Crippen LogP contribution in [0, 0.1) is 10.1 Å². The molecule has 1 atom stereocenters. The van der Waals surface area contributed by atoms with Gasteiger partial charge in [-0.1, -0.05) is 0 Å². The van der Waals surface area contributed by atoms with E-state index < -0.39 is 10.8 Å². The van der Waals surface area contributed by atoms with Crippen molar-refractivity contribution in [1.82, 2.24) is 4.90 Å². The molecule has 0 aromatic carbocycles. The summed E-state index contributed by atoms with van der Waals surface area (Å²) in [6, 6.07) is 2.46. The molecule has 8 nitrogen and oxygen atoms in total. The summed E-state index contributed by atoms with van der Waals surface area (Å²) in [5.41, 5.74) is 5.47. The zero-order chi connectivity index (χ0) is 13.1. The molecule has 9 heteroatoms. The van der Waals surface area contributed by atoms with Gasteiger partial charge in [0.15, 0.2) is 5.76 Å². The maximum atomic E-state index is 12.0. The van der Waals surface area contributed by atoms with Crippen LogP contribution in [0.2, 0.25) is 0 Å². The van der Waals surface area contributed by atoms with Crippen LogP contribution in [0.5, 0.6) is 0 Å². The van der Waals surface area contributed by atoms with Gasteiger partial charge in [-0.15, -0.1) is 12.4 Å². The molecule has 2 N–H and O–H groups in total. The molecule has 2 rings (SSSR count). The number of rotatable bonds is 3. The van der Waals surface area contributed by atoms with E-state index in [4.69, 9.17) is 14.9 Å². The lowest BCUT2D eigenvalue weighted by Gasteiger charge is -2.31. The first-order chi connectivity index (χ1) is 8.61. The van der Waals surface area contributed by atoms with E-state index in [1.165, 1.54) is 11.0 Å². The van der Waals surface area contributed by atoms with Gasteiger partial charge in [-0.3, -0.25) is 14.9 Å². The molecular weight excluding hydrogens is 278 g/mol. The standard InChI is InChI=1S/C10H13N3O5.ClH/c11-5-7-6-12(3-4-17-7)10(14)8-1-2-9(18-8)13(15)16;/h1-2,7H,3-6,11H2;1H. The molecular formula is C10H14ClN3O5. The Morgan fingerprint density at radius 3 is 2.89 bits per heavy atom. The predicted molar refractivity (Wildman–Crippen MR) is 67.3 cm³/mol. The van der Waals surface area contributed by atoms with Crippen molar-refractivity contribution < 1.29 is 18.9 Å². The van der Waals surface area contributed by atoms with E-state index in [1.54, 1.807) is 0 Å². The van der Waals surface area contributed by atoms with Gasteiger partial charge in [0.1, 0.15) is 4.92 Å². The van der Waals surface area contributed by atoms with Gasteiger partial charge >= 0.3 is 5.88 Å². The van der Waals surface area contributed by atoms with Gasteiger partial charge in [0.05, 0.1) is 18.8 Å². The van der Waals surface area contributed by atoms with Gasteiger partial charge in [0.25, 0.3) is 5.91 Å². The number of ether oxygens (including phenoxy) is 1. The molecule has 1 aromatic rings. The van der Waals surface area contributed by atoms with Crippen LogP contribution < -0.4 is 5.73 Å². The first-order valence-corrected chi connectivity index (χ1v) is 5.47. The van der Waals surface area contributed by atoms with Crippen molar-refractivity contribution in [3.63, 3.8) is 0 Å². The molecule has 0 radical (unpaired) electrons. The van der Waals surface area contributed by atoms with Gasteiger partial charge in [-0.05, 0) is 6.07 Å². The molecule has 1 aromatic heterocycles. The molecule has 1 aliphatic heterocycles. The fourth-order valence-corrected chi connectivity index (χ4v) is 1.74. The number of morpholine rings is 1. The van der Waals surface area contributed by atoms with Crippen molar-refractivity contribution in [2.45, 2.75) is 6.10 Å². The maximum Gasteiger partial charge on any atom is 0.433 e. The van der Waals surface area contributed by atoms with Crippen molar-refractivity contribution in [2.24, 2.45) is 5.73 Å². The molecule has 0 saturated carbocycles. The number of carbonyl (C=O) groups is 1. The lowest BCUT2D eigenvalue weighted by molar-refractivity contribution is -0.402. The number of hydrogen-bond acceptors (Lipinski definition) is 6. The minimum Gasteiger partial charge on any atom is -0.395 e. The highest BCUT2D eigenvalue weighted by atomic mass is 35.5. The Morgan fingerprint density at radius 1 is 1.58 bits per heavy atom. The van der Waals surface area contributed by atoms with Crippen LogP contribution in [0.3, 0.4) is 0 Å². The number of hydrogen-bond donors (Lipinski definition) is 1. The average molecular weight is 292 g/mol. The monoisotopic (exact) mass is 291 g/mol. The van der Waals surface area contributed by atoms with E-state index in [0.717, 1.165) is 6.07 Å². The van der Waals surface area contributed by atoms with E-state index in [0.29, 0.717) is 26.2 Å². The summed E-state index contributed by atoms with van der Waals surface area (Å²) in [6.07, 6.45) is -0.201. The Labute approximate surface area is 115 Å². The second kappa shape index (κ2) is 6.50. The van der Waals surface area contributed by atoms with Crippen LogP contribution in [-0.2, 0) is 4.74 Å². The second-order valence-corrected chi connectivity index (χ2v) is 3.87. The average Bonchev–Trinajstić information content (AvgIpc) is 2.87. The van der Waals surface area contributed by atoms with Gasteiger partial charge < -0.3 is 19.8 Å². The highest BCUT2D eigenvalue weighted by Crippen LogP contribution is 2.18. The van der Waals surface area contributed by atoms with Crippen LogP contribution in [0.25, 0.3) is 0 Å². The first-order valence-electron chi connectivity index (χ1n) is 5.47. The van der Waals surface area contributed by atoms with Gasteiger partial charge in [0.2, 0.25) is 0 Å². The largest absolute Gasteiger partial charge is 0.433 e. The van der Waals surface area contributed by atoms with E-state index in [2.05, 4.69) is 0 Å². The third-order valence-electron chi connectivity index (χ3n) is 2.67. The normalized spacial score (nSPS) is 18.8. The Kier molecular flexibility index (Phi) is 5.28. The molecule has 0 bridgehead atoms. The Morgan fingerprint density at radius 2 is 2.32 bits per heavy atom. The van der Waals surface area contributed by atoms with Crippen molar-refractivity contribution in [1.29, 1.82) is 0 Å². The molecule has 1 amide bonds. The number of nitrogens with two attached hydrogens (primary N) is 1. The number of halogens is 1. The van der Waals surface area contributed by atoms with Crippen molar-refractivity contribution in [2.75, 3.05) is 26.2 Å². The van der Waals surface area contributed by atoms with Crippen LogP contribution in [0.4, 0.5) is 5.88 Å². The van der Waals surface area contributed by atoms with Crippen LogP contribution >= 0.6 is 12.4 Å². The molecule has 106 valence electrons. The van der Waals surface area contributed by atoms with Gasteiger partial charge in [-0.2, -0.15) is 0 Å². The third-order valence-corrected chi connectivity index (χ3v) is 2.67. The minimum absolute atomic E-state index is 0. The zero-order valence-corrected chi connectivity index (χ0v) is 10.8. The molecule has 0 spiro atoms. The highest BCUT2D eigenvalue weighted by molar-refractivity contribution is 5.91. The van der Waals surface area contributed by atoms with Crippen molar-refractivity contribution in [3.05, 3.63) is 28.0 Å². The Hall–Kier alpha value is -1.64. The quantitative estimate of drug-likeness (QED) is 0.637. The summed E-state index contributed by atoms with van der Waals surface area (Å²) in [7, 11) is 0. The number of carbonyl (C=O) groups excluding carboxylic acids is 1. The summed E-state index contributed by atoms with van der Waals surface area (Å²) in [6.45, 7) is 1.51. The third kappa shape index (κ3) is 3.43. The lowest BCUT2D eigenvalue weighted by atomic mass is 10.2. The summed E-state index contributed by atoms with van der Waals surface area (Å²) in [5.74, 6) is -0.869. The summed E-state index contributed by atoms with van der Waals surface area (Å²) >= 11 is 0. The van der Waals surface area contributed by atoms with Crippen molar-refractivity contribution >= 4 is 24.2 Å². The zero-order valence-electron chi connectivity index (χ0n) is 9.98. The number of furan rings is 1. The molecule has 1 fully saturated rings. The maximum absolute atomic E-state index is 12.0. The van der Waals surface area contributed by atoms with E-state index in [-0.39, 0.29) is 30.2 Å². The fraction of sp³-hybridized carbons (Fsp3) is 0.500. The smallest absolute Gasteiger partial charge is 0.395 e. The molecule has 19 heavy (non-hydrogen) atoms. The van der Waals surface area contributed by atoms with E-state index in [9.17, 15) is 14.9 Å². The number of nitro groups is 1. The summed E-state index contributed by atoms with van der Waals surface area (Å²) in [5, 5.41) is 10.5. The fourth-order valence-electron chi connectivity index (χ4n) is 1.74. The summed E-state index contributed by atoms with van der Waals surface area (Å²) < 4.78 is 10.2. The molecule has 0 aliphatic carbocycles. The Balaban J connectivity index is 0.00000180. The molecule has 1 saturated heterocycles. The molecule has 1 aliphatic rings. The number of amides is 1. The van der Waals surface area contributed by atoms with Crippen molar-refractivity contribution in [3.8, 4) is 0 Å². The SMILES string of the molecule is Cl.NCC1CN(C(=O)c2ccc([N+](=O)[O-])o2)CCO1. The first kappa shape index (κ1) is 15.4.